The van der Waals surface area contributed by atoms with Crippen LogP contribution in [0.4, 0.5) is 0 Å². The molecule has 1 saturated heterocycles. The van der Waals surface area contributed by atoms with Crippen LogP contribution in [0.25, 0.3) is 0 Å². The van der Waals surface area contributed by atoms with Crippen LogP contribution in [0, 0.1) is 11.3 Å². The summed E-state index contributed by atoms with van der Waals surface area (Å²) in [6.45, 7) is 1.35. The van der Waals surface area contributed by atoms with Gasteiger partial charge in [-0.3, -0.25) is 4.79 Å². The van der Waals surface area contributed by atoms with Gasteiger partial charge in [-0.15, -0.1) is 0 Å². The van der Waals surface area contributed by atoms with Gasteiger partial charge in [0.2, 0.25) is 5.91 Å². The lowest BCUT2D eigenvalue weighted by Crippen LogP contribution is -2.38. The molecule has 0 aromatic carbocycles. The van der Waals surface area contributed by atoms with Crippen molar-refractivity contribution < 1.29 is 9.53 Å². The molecule has 1 aliphatic heterocycles. The number of ether oxygens (including phenoxy) is 1. The van der Waals surface area contributed by atoms with Gasteiger partial charge >= 0.3 is 0 Å². The third-order valence-corrected chi connectivity index (χ3v) is 2.49. The maximum Gasteiger partial charge on any atom is 0.249 e. The zero-order valence-corrected chi connectivity index (χ0v) is 9.00. The summed E-state index contributed by atoms with van der Waals surface area (Å²) in [4.78, 5) is 11.5. The fourth-order valence-corrected chi connectivity index (χ4v) is 1.60. The smallest absolute Gasteiger partial charge is 0.249 e. The van der Waals surface area contributed by atoms with E-state index >= 15 is 0 Å². The van der Waals surface area contributed by atoms with E-state index in [-0.39, 0.29) is 12.0 Å². The lowest BCUT2D eigenvalue weighted by molar-refractivity contribution is -0.135. The molecule has 4 heteroatoms. The van der Waals surface area contributed by atoms with Crippen LogP contribution in [0.3, 0.4) is 0 Å². The number of nitriles is 1. The topological polar surface area (TPSA) is 62.1 Å². The van der Waals surface area contributed by atoms with Crippen LogP contribution in [0.1, 0.15) is 38.5 Å². The third-order valence-electron chi connectivity index (χ3n) is 2.49. The minimum Gasteiger partial charge on any atom is -0.368 e. The molecule has 1 aliphatic rings. The number of rotatable bonds is 5. The van der Waals surface area contributed by atoms with Gasteiger partial charge in [0.1, 0.15) is 6.10 Å². The molecule has 0 aliphatic carbocycles. The average Bonchev–Trinajstić information content (AvgIpc) is 2.30. The monoisotopic (exact) mass is 210 g/mol. The quantitative estimate of drug-likeness (QED) is 0.697. The van der Waals surface area contributed by atoms with Crippen molar-refractivity contribution >= 4 is 5.91 Å². The molecule has 0 saturated carbocycles. The van der Waals surface area contributed by atoms with Gasteiger partial charge in [0, 0.05) is 19.6 Å². The SMILES string of the molecule is N#CCCCCNC(=O)C1CCCCO1. The first-order chi connectivity index (χ1) is 7.34. The molecule has 4 nitrogen and oxygen atoms in total. The fraction of sp³-hybridized carbons (Fsp3) is 0.818. The summed E-state index contributed by atoms with van der Waals surface area (Å²) in [6.07, 6.45) is 5.02. The molecule has 0 aromatic rings. The van der Waals surface area contributed by atoms with E-state index in [1.807, 2.05) is 0 Å². The van der Waals surface area contributed by atoms with Gasteiger partial charge in [-0.1, -0.05) is 0 Å². The van der Waals surface area contributed by atoms with Gasteiger partial charge in [0.05, 0.1) is 6.07 Å². The highest BCUT2D eigenvalue weighted by Gasteiger charge is 2.20. The summed E-state index contributed by atoms with van der Waals surface area (Å²) >= 11 is 0. The van der Waals surface area contributed by atoms with Gasteiger partial charge < -0.3 is 10.1 Å². The predicted octanol–water partition coefficient (Wildman–Crippen LogP) is 1.37. The van der Waals surface area contributed by atoms with Crippen molar-refractivity contribution in [3.63, 3.8) is 0 Å². The molecule has 1 amide bonds. The van der Waals surface area contributed by atoms with Crippen molar-refractivity contribution in [2.45, 2.75) is 44.6 Å². The first-order valence-electron chi connectivity index (χ1n) is 5.61. The van der Waals surface area contributed by atoms with E-state index in [9.17, 15) is 4.79 Å². The molecule has 0 radical (unpaired) electrons. The molecular weight excluding hydrogens is 192 g/mol. The van der Waals surface area contributed by atoms with Crippen LogP contribution in [-0.4, -0.2) is 25.2 Å². The number of carbonyl (C=O) groups is 1. The highest BCUT2D eigenvalue weighted by atomic mass is 16.5. The highest BCUT2D eigenvalue weighted by molar-refractivity contribution is 5.80. The zero-order chi connectivity index (χ0) is 10.9. The Morgan fingerprint density at radius 1 is 1.47 bits per heavy atom. The molecule has 1 rings (SSSR count). The van der Waals surface area contributed by atoms with Crippen LogP contribution >= 0.6 is 0 Å². The van der Waals surface area contributed by atoms with Crippen LogP contribution in [0.2, 0.25) is 0 Å². The molecule has 0 aromatic heterocycles. The van der Waals surface area contributed by atoms with Gasteiger partial charge in [-0.25, -0.2) is 0 Å². The predicted molar refractivity (Wildman–Crippen MR) is 56.1 cm³/mol. The molecule has 15 heavy (non-hydrogen) atoms. The largest absolute Gasteiger partial charge is 0.368 e. The molecule has 0 bridgehead atoms. The molecular formula is C11H18N2O2. The van der Waals surface area contributed by atoms with E-state index in [2.05, 4.69) is 11.4 Å². The number of nitrogens with zero attached hydrogens (tertiary/aromatic N) is 1. The number of nitrogens with one attached hydrogen (secondary N) is 1. The summed E-state index contributed by atoms with van der Waals surface area (Å²) < 4.78 is 5.35. The molecule has 1 unspecified atom stereocenters. The normalized spacial score (nSPS) is 20.6. The molecule has 1 atom stereocenters. The second-order valence-electron chi connectivity index (χ2n) is 3.76. The van der Waals surface area contributed by atoms with Crippen LogP contribution < -0.4 is 5.32 Å². The van der Waals surface area contributed by atoms with E-state index < -0.39 is 0 Å². The van der Waals surface area contributed by atoms with Crippen molar-refractivity contribution in [3.05, 3.63) is 0 Å². The maximum atomic E-state index is 11.5. The van der Waals surface area contributed by atoms with E-state index in [0.717, 1.165) is 32.1 Å². The molecule has 1 fully saturated rings. The Morgan fingerprint density at radius 2 is 2.33 bits per heavy atom. The molecule has 1 heterocycles. The summed E-state index contributed by atoms with van der Waals surface area (Å²) in [5.74, 6) is 0.00616. The Balaban J connectivity index is 2.05. The summed E-state index contributed by atoms with van der Waals surface area (Å²) in [7, 11) is 0. The van der Waals surface area contributed by atoms with Crippen LogP contribution in [0.5, 0.6) is 0 Å². The molecule has 84 valence electrons. The maximum absolute atomic E-state index is 11.5. The number of unbranched alkanes of at least 4 members (excludes halogenated alkanes) is 2. The number of hydrogen-bond donors (Lipinski definition) is 1. The first-order valence-corrected chi connectivity index (χ1v) is 5.61. The minimum atomic E-state index is -0.241. The van der Waals surface area contributed by atoms with Crippen LogP contribution in [0.15, 0.2) is 0 Å². The standard InChI is InChI=1S/C11H18N2O2/c12-7-3-1-4-8-13-11(14)10-6-2-5-9-15-10/h10H,1-6,8-9H2,(H,13,14). The Hall–Kier alpha value is -1.08. The highest BCUT2D eigenvalue weighted by Crippen LogP contribution is 2.12. The Labute approximate surface area is 90.6 Å². The number of hydrogen-bond acceptors (Lipinski definition) is 3. The van der Waals surface area contributed by atoms with E-state index in [0.29, 0.717) is 19.6 Å². The summed E-state index contributed by atoms with van der Waals surface area (Å²) in [5.41, 5.74) is 0. The zero-order valence-electron chi connectivity index (χ0n) is 9.00. The van der Waals surface area contributed by atoms with Crippen molar-refractivity contribution in [1.82, 2.24) is 5.32 Å². The first kappa shape index (κ1) is 12.0. The Bertz CT molecular complexity index is 229. The second kappa shape index (κ2) is 7.24. The van der Waals surface area contributed by atoms with E-state index in [1.54, 1.807) is 0 Å². The van der Waals surface area contributed by atoms with Gasteiger partial charge in [-0.05, 0) is 32.1 Å². The lowest BCUT2D eigenvalue weighted by atomic mass is 10.1. The van der Waals surface area contributed by atoms with Crippen LogP contribution in [-0.2, 0) is 9.53 Å². The lowest BCUT2D eigenvalue weighted by Gasteiger charge is -2.21. The summed E-state index contributed by atoms with van der Waals surface area (Å²) in [5, 5.41) is 11.2. The van der Waals surface area contributed by atoms with Crippen molar-refractivity contribution in [2.75, 3.05) is 13.2 Å². The van der Waals surface area contributed by atoms with E-state index in [4.69, 9.17) is 10.00 Å². The van der Waals surface area contributed by atoms with Gasteiger partial charge in [0.15, 0.2) is 0 Å². The average molecular weight is 210 g/mol. The van der Waals surface area contributed by atoms with Gasteiger partial charge in [0.25, 0.3) is 0 Å². The Morgan fingerprint density at radius 3 is 3.00 bits per heavy atom. The van der Waals surface area contributed by atoms with Gasteiger partial charge in [-0.2, -0.15) is 5.26 Å². The van der Waals surface area contributed by atoms with Crippen molar-refractivity contribution in [2.24, 2.45) is 0 Å². The second-order valence-corrected chi connectivity index (χ2v) is 3.76. The van der Waals surface area contributed by atoms with Crippen molar-refractivity contribution in [3.8, 4) is 6.07 Å². The third kappa shape index (κ3) is 4.80. The summed E-state index contributed by atoms with van der Waals surface area (Å²) in [6, 6.07) is 2.08. The molecule has 0 spiro atoms. The number of amides is 1. The number of carbonyl (C=O) groups excluding carboxylic acids is 1. The molecule has 1 N–H and O–H groups in total. The fourth-order valence-electron chi connectivity index (χ4n) is 1.60. The Kier molecular flexibility index (Phi) is 5.79. The van der Waals surface area contributed by atoms with Crippen molar-refractivity contribution in [1.29, 1.82) is 5.26 Å². The van der Waals surface area contributed by atoms with E-state index in [1.165, 1.54) is 0 Å². The minimum absolute atomic E-state index is 0.00616.